The zero-order chi connectivity index (χ0) is 17.1. The molecule has 140 valence electrons. The topological polar surface area (TPSA) is 56.7 Å². The Morgan fingerprint density at radius 3 is 2.46 bits per heavy atom. The van der Waals surface area contributed by atoms with Crippen molar-refractivity contribution in [3.05, 3.63) is 21.3 Å². The summed E-state index contributed by atoms with van der Waals surface area (Å²) in [5.74, 6) is 0.847. The Bertz CT molecular complexity index is 478. The third-order valence-electron chi connectivity index (χ3n) is 4.35. The number of nitrogens with one attached hydrogen (secondary N) is 2. The second kappa shape index (κ2) is 13.2. The van der Waals surface area contributed by atoms with Crippen LogP contribution in [0.15, 0.2) is 17.1 Å². The maximum atomic E-state index is 9.31. The van der Waals surface area contributed by atoms with Crippen LogP contribution in [0.4, 0.5) is 0 Å². The first-order valence-corrected chi connectivity index (χ1v) is 9.65. The molecule has 0 saturated carbocycles. The Balaban J connectivity index is 0.00000529. The van der Waals surface area contributed by atoms with Crippen LogP contribution >= 0.6 is 46.9 Å². The molecule has 0 bridgehead atoms. The molecule has 1 heterocycles. The van der Waals surface area contributed by atoms with Crippen molar-refractivity contribution < 1.29 is 5.11 Å². The summed E-state index contributed by atoms with van der Waals surface area (Å²) in [6, 6.07) is 4.01. The van der Waals surface area contributed by atoms with Gasteiger partial charge >= 0.3 is 0 Å². The highest BCUT2D eigenvalue weighted by Crippen LogP contribution is 2.30. The van der Waals surface area contributed by atoms with Crippen molar-refractivity contribution in [2.24, 2.45) is 10.4 Å². The van der Waals surface area contributed by atoms with E-state index >= 15 is 0 Å². The van der Waals surface area contributed by atoms with Crippen molar-refractivity contribution in [1.29, 1.82) is 0 Å². The first kappa shape index (κ1) is 23.9. The van der Waals surface area contributed by atoms with E-state index in [0.717, 1.165) is 55.6 Å². The monoisotopic (exact) mass is 487 g/mol. The van der Waals surface area contributed by atoms with Crippen LogP contribution in [0.1, 0.15) is 44.9 Å². The fourth-order valence-electron chi connectivity index (χ4n) is 2.52. The molecule has 0 atom stereocenters. The Kier molecular flexibility index (Phi) is 13.2. The number of aliphatic imine (C=N–C) groups is 1. The largest absolute Gasteiger partial charge is 0.396 e. The van der Waals surface area contributed by atoms with Gasteiger partial charge in [0.15, 0.2) is 5.96 Å². The third kappa shape index (κ3) is 8.36. The van der Waals surface area contributed by atoms with E-state index in [1.807, 2.05) is 6.07 Å². The molecule has 0 unspecified atom stereocenters. The second-order valence-corrected chi connectivity index (χ2v) is 7.56. The first-order chi connectivity index (χ1) is 11.1. The van der Waals surface area contributed by atoms with Crippen LogP contribution in [-0.2, 0) is 6.42 Å². The molecule has 0 aliphatic carbocycles. The minimum Gasteiger partial charge on any atom is -0.396 e. The average Bonchev–Trinajstić information content (AvgIpc) is 2.96. The lowest BCUT2D eigenvalue weighted by Gasteiger charge is -2.29. The number of aliphatic hydroxyl groups is 1. The third-order valence-corrected chi connectivity index (χ3v) is 5.64. The fraction of sp³-hybridized carbons (Fsp3) is 0.706. The molecule has 0 amide bonds. The van der Waals surface area contributed by atoms with Gasteiger partial charge in [0, 0.05) is 31.1 Å². The Labute approximate surface area is 172 Å². The summed E-state index contributed by atoms with van der Waals surface area (Å²) in [6.07, 6.45) is 3.79. The molecule has 0 fully saturated rings. The molecule has 1 aromatic heterocycles. The van der Waals surface area contributed by atoms with Crippen LogP contribution < -0.4 is 10.6 Å². The normalized spacial score (nSPS) is 12.0. The maximum absolute atomic E-state index is 9.31. The number of thiophene rings is 1. The van der Waals surface area contributed by atoms with E-state index in [2.05, 4.69) is 37.5 Å². The number of rotatable bonds is 10. The maximum Gasteiger partial charge on any atom is 0.191 e. The summed E-state index contributed by atoms with van der Waals surface area (Å²) >= 11 is 7.58. The van der Waals surface area contributed by atoms with Crippen molar-refractivity contribution in [3.8, 4) is 0 Å². The predicted molar refractivity (Wildman–Crippen MR) is 117 cm³/mol. The van der Waals surface area contributed by atoms with Gasteiger partial charge in [-0.05, 0) is 50.2 Å². The van der Waals surface area contributed by atoms with Crippen LogP contribution in [-0.4, -0.2) is 37.3 Å². The summed E-state index contributed by atoms with van der Waals surface area (Å²) in [4.78, 5) is 6.02. The van der Waals surface area contributed by atoms with Crippen LogP contribution in [0.3, 0.4) is 0 Å². The highest BCUT2D eigenvalue weighted by molar-refractivity contribution is 14.0. The Morgan fingerprint density at radius 2 is 1.96 bits per heavy atom. The highest BCUT2D eigenvalue weighted by atomic mass is 127. The van der Waals surface area contributed by atoms with Gasteiger partial charge in [0.05, 0.1) is 4.34 Å². The predicted octanol–water partition coefficient (Wildman–Crippen LogP) is 4.31. The quantitative estimate of drug-likeness (QED) is 0.262. The molecular formula is C17H31ClIN3OS. The zero-order valence-electron chi connectivity index (χ0n) is 14.9. The van der Waals surface area contributed by atoms with Crippen molar-refractivity contribution >= 4 is 52.9 Å². The van der Waals surface area contributed by atoms with Gasteiger partial charge in [0.1, 0.15) is 0 Å². The molecule has 0 aliphatic rings. The highest BCUT2D eigenvalue weighted by Gasteiger charge is 2.25. The lowest BCUT2D eigenvalue weighted by molar-refractivity contribution is 0.175. The minimum absolute atomic E-state index is 0. The smallest absolute Gasteiger partial charge is 0.191 e. The fourth-order valence-corrected chi connectivity index (χ4v) is 3.61. The van der Waals surface area contributed by atoms with Gasteiger partial charge in [0.2, 0.25) is 0 Å². The molecule has 1 aromatic rings. The number of guanidine groups is 1. The zero-order valence-corrected chi connectivity index (χ0v) is 18.8. The second-order valence-electron chi connectivity index (χ2n) is 5.76. The van der Waals surface area contributed by atoms with E-state index in [-0.39, 0.29) is 36.0 Å². The average molecular weight is 488 g/mol. The van der Waals surface area contributed by atoms with Gasteiger partial charge in [-0.2, -0.15) is 0 Å². The van der Waals surface area contributed by atoms with Crippen molar-refractivity contribution in [2.45, 2.75) is 46.5 Å². The number of hydrogen-bond donors (Lipinski definition) is 3. The molecule has 0 spiro atoms. The van der Waals surface area contributed by atoms with E-state index in [9.17, 15) is 5.11 Å². The van der Waals surface area contributed by atoms with Gasteiger partial charge in [0.25, 0.3) is 0 Å². The molecule has 0 aliphatic heterocycles. The molecule has 3 N–H and O–H groups in total. The standard InChI is InChI=1S/C17H30ClN3OS.HI/c1-4-17(5-2,10-12-22)13-21-16(19-6-3)20-11-9-14-7-8-15(18)23-14;/h7-8,22H,4-6,9-13H2,1-3H3,(H2,19,20,21);1H. The van der Waals surface area contributed by atoms with Crippen molar-refractivity contribution in [2.75, 3.05) is 26.2 Å². The first-order valence-electron chi connectivity index (χ1n) is 8.46. The molecular weight excluding hydrogens is 457 g/mol. The van der Waals surface area contributed by atoms with Crippen LogP contribution in [0.25, 0.3) is 0 Å². The molecule has 4 nitrogen and oxygen atoms in total. The van der Waals surface area contributed by atoms with E-state index in [1.165, 1.54) is 4.88 Å². The van der Waals surface area contributed by atoms with Crippen molar-refractivity contribution in [3.63, 3.8) is 0 Å². The molecule has 1 rings (SSSR count). The van der Waals surface area contributed by atoms with E-state index in [0.29, 0.717) is 0 Å². The minimum atomic E-state index is 0. The molecule has 0 saturated heterocycles. The van der Waals surface area contributed by atoms with E-state index in [1.54, 1.807) is 11.3 Å². The lowest BCUT2D eigenvalue weighted by atomic mass is 9.79. The van der Waals surface area contributed by atoms with Crippen LogP contribution in [0, 0.1) is 5.41 Å². The van der Waals surface area contributed by atoms with Crippen molar-refractivity contribution in [1.82, 2.24) is 10.6 Å². The SMILES string of the molecule is CCNC(=NCC(CC)(CC)CCO)NCCc1ccc(Cl)s1.I. The Morgan fingerprint density at radius 1 is 1.25 bits per heavy atom. The lowest BCUT2D eigenvalue weighted by Crippen LogP contribution is -2.39. The summed E-state index contributed by atoms with van der Waals surface area (Å²) in [5.41, 5.74) is 0.0956. The molecule has 0 radical (unpaired) electrons. The molecule has 24 heavy (non-hydrogen) atoms. The molecule has 0 aromatic carbocycles. The number of nitrogens with zero attached hydrogens (tertiary/aromatic N) is 1. The number of aliphatic hydroxyl groups excluding tert-OH is 1. The number of halogens is 2. The number of hydrogen-bond acceptors (Lipinski definition) is 3. The summed E-state index contributed by atoms with van der Waals surface area (Å²) in [6.45, 7) is 9.04. The summed E-state index contributed by atoms with van der Waals surface area (Å²) < 4.78 is 0.834. The van der Waals surface area contributed by atoms with Gasteiger partial charge < -0.3 is 15.7 Å². The van der Waals surface area contributed by atoms with Gasteiger partial charge in [-0.15, -0.1) is 35.3 Å². The van der Waals surface area contributed by atoms with Gasteiger partial charge in [-0.25, -0.2) is 0 Å². The van der Waals surface area contributed by atoms with Crippen LogP contribution in [0.5, 0.6) is 0 Å². The van der Waals surface area contributed by atoms with Gasteiger partial charge in [-0.3, -0.25) is 4.99 Å². The Hall–Kier alpha value is -0.0500. The van der Waals surface area contributed by atoms with Gasteiger partial charge in [-0.1, -0.05) is 25.4 Å². The van der Waals surface area contributed by atoms with E-state index in [4.69, 9.17) is 16.6 Å². The van der Waals surface area contributed by atoms with Crippen LogP contribution in [0.2, 0.25) is 4.34 Å². The summed E-state index contributed by atoms with van der Waals surface area (Å²) in [5, 5.41) is 16.0. The molecule has 7 heteroatoms. The summed E-state index contributed by atoms with van der Waals surface area (Å²) in [7, 11) is 0. The van der Waals surface area contributed by atoms with E-state index < -0.39 is 0 Å².